The fourth-order valence-electron chi connectivity index (χ4n) is 3.21. The van der Waals surface area contributed by atoms with Crippen LogP contribution in [0, 0.1) is 0 Å². The normalized spacial score (nSPS) is 23.4. The van der Waals surface area contributed by atoms with Gasteiger partial charge in [-0.3, -0.25) is 9.59 Å². The standard InChI is InChI=1S/C15H26N2O2S/c1-20-12-8-15(19)17-10-3-2-5-13(17)7-11-16-9-4-6-14(16)18/h13H,2-12H2,1H3. The molecule has 0 aromatic carbocycles. The zero-order valence-corrected chi connectivity index (χ0v) is 13.3. The Kier molecular flexibility index (Phi) is 6.20. The number of rotatable bonds is 6. The fourth-order valence-corrected chi connectivity index (χ4v) is 3.59. The van der Waals surface area contributed by atoms with Gasteiger partial charge in [0.2, 0.25) is 11.8 Å². The summed E-state index contributed by atoms with van der Waals surface area (Å²) in [5.74, 6) is 1.50. The van der Waals surface area contributed by atoms with Crippen molar-refractivity contribution in [3.05, 3.63) is 0 Å². The van der Waals surface area contributed by atoms with Gasteiger partial charge >= 0.3 is 0 Å². The van der Waals surface area contributed by atoms with Crippen LogP contribution in [0.25, 0.3) is 0 Å². The second kappa shape index (κ2) is 7.91. The number of carbonyl (C=O) groups excluding carboxylic acids is 2. The molecule has 0 saturated carbocycles. The molecule has 2 saturated heterocycles. The summed E-state index contributed by atoms with van der Waals surface area (Å²) in [5, 5.41) is 0. The first-order chi connectivity index (χ1) is 9.72. The van der Waals surface area contributed by atoms with Gasteiger partial charge in [0.1, 0.15) is 0 Å². The van der Waals surface area contributed by atoms with E-state index in [0.29, 0.717) is 30.7 Å². The first-order valence-corrected chi connectivity index (χ1v) is 9.18. The average molecular weight is 298 g/mol. The van der Waals surface area contributed by atoms with E-state index < -0.39 is 0 Å². The van der Waals surface area contributed by atoms with E-state index in [1.165, 1.54) is 6.42 Å². The van der Waals surface area contributed by atoms with Gasteiger partial charge in [0, 0.05) is 44.3 Å². The topological polar surface area (TPSA) is 40.6 Å². The molecular weight excluding hydrogens is 272 g/mol. The van der Waals surface area contributed by atoms with E-state index in [2.05, 4.69) is 4.90 Å². The highest BCUT2D eigenvalue weighted by Gasteiger charge is 2.28. The van der Waals surface area contributed by atoms with Crippen molar-refractivity contribution in [2.45, 2.75) is 51.0 Å². The van der Waals surface area contributed by atoms with Crippen LogP contribution in [0.3, 0.4) is 0 Å². The van der Waals surface area contributed by atoms with Crippen molar-refractivity contribution in [1.29, 1.82) is 0 Å². The molecule has 0 aliphatic carbocycles. The summed E-state index contributed by atoms with van der Waals surface area (Å²) in [5.41, 5.74) is 0. The molecule has 0 aromatic heterocycles. The van der Waals surface area contributed by atoms with Crippen molar-refractivity contribution in [2.24, 2.45) is 0 Å². The Morgan fingerprint density at radius 2 is 2.15 bits per heavy atom. The van der Waals surface area contributed by atoms with Crippen molar-refractivity contribution in [3.63, 3.8) is 0 Å². The van der Waals surface area contributed by atoms with Crippen molar-refractivity contribution in [2.75, 3.05) is 31.6 Å². The minimum atomic E-state index is 0.293. The first kappa shape index (κ1) is 15.7. The molecule has 0 bridgehead atoms. The molecule has 0 radical (unpaired) electrons. The number of likely N-dealkylation sites (tertiary alicyclic amines) is 2. The molecule has 5 heteroatoms. The second-order valence-corrected chi connectivity index (χ2v) is 6.74. The highest BCUT2D eigenvalue weighted by molar-refractivity contribution is 7.98. The van der Waals surface area contributed by atoms with Crippen LogP contribution in [0.1, 0.15) is 44.9 Å². The van der Waals surface area contributed by atoms with Crippen LogP contribution < -0.4 is 0 Å². The fraction of sp³-hybridized carbons (Fsp3) is 0.867. The van der Waals surface area contributed by atoms with Crippen LogP contribution in [0.15, 0.2) is 0 Å². The van der Waals surface area contributed by atoms with E-state index in [1.807, 2.05) is 11.2 Å². The number of carbonyl (C=O) groups is 2. The molecule has 0 spiro atoms. The monoisotopic (exact) mass is 298 g/mol. The average Bonchev–Trinajstić information content (AvgIpc) is 2.88. The highest BCUT2D eigenvalue weighted by atomic mass is 32.2. The molecule has 0 N–H and O–H groups in total. The van der Waals surface area contributed by atoms with Crippen molar-refractivity contribution >= 4 is 23.6 Å². The zero-order valence-electron chi connectivity index (χ0n) is 12.5. The lowest BCUT2D eigenvalue weighted by Crippen LogP contribution is -2.45. The largest absolute Gasteiger partial charge is 0.343 e. The lowest BCUT2D eigenvalue weighted by atomic mass is 9.98. The van der Waals surface area contributed by atoms with Crippen LogP contribution in [0.2, 0.25) is 0 Å². The molecule has 20 heavy (non-hydrogen) atoms. The second-order valence-electron chi connectivity index (χ2n) is 5.75. The van der Waals surface area contributed by atoms with Gasteiger partial charge in [-0.25, -0.2) is 0 Å². The molecule has 4 nitrogen and oxygen atoms in total. The molecular formula is C15H26N2O2S. The Bertz CT molecular complexity index is 349. The quantitative estimate of drug-likeness (QED) is 0.754. The maximum atomic E-state index is 12.3. The molecule has 2 rings (SSSR count). The van der Waals surface area contributed by atoms with Gasteiger partial charge in [0.25, 0.3) is 0 Å². The van der Waals surface area contributed by atoms with Crippen LogP contribution in [-0.4, -0.2) is 59.3 Å². The van der Waals surface area contributed by atoms with Crippen molar-refractivity contribution in [1.82, 2.24) is 9.80 Å². The molecule has 2 aliphatic rings. The summed E-state index contributed by atoms with van der Waals surface area (Å²) in [7, 11) is 0. The number of hydrogen-bond donors (Lipinski definition) is 0. The third-order valence-corrected chi connectivity index (χ3v) is 4.98. The van der Waals surface area contributed by atoms with Crippen molar-refractivity contribution < 1.29 is 9.59 Å². The van der Waals surface area contributed by atoms with Gasteiger partial charge in [-0.15, -0.1) is 0 Å². The van der Waals surface area contributed by atoms with Gasteiger partial charge < -0.3 is 9.80 Å². The molecule has 2 aliphatic heterocycles. The predicted octanol–water partition coefficient (Wildman–Crippen LogP) is 2.13. The van der Waals surface area contributed by atoms with Crippen LogP contribution in [-0.2, 0) is 9.59 Å². The van der Waals surface area contributed by atoms with E-state index >= 15 is 0 Å². The molecule has 2 amide bonds. The van der Waals surface area contributed by atoms with Gasteiger partial charge in [-0.2, -0.15) is 11.8 Å². The number of amides is 2. The maximum absolute atomic E-state index is 12.3. The minimum absolute atomic E-state index is 0.293. The van der Waals surface area contributed by atoms with Crippen LogP contribution >= 0.6 is 11.8 Å². The molecule has 2 heterocycles. The van der Waals surface area contributed by atoms with Crippen molar-refractivity contribution in [3.8, 4) is 0 Å². The smallest absolute Gasteiger partial charge is 0.223 e. The molecule has 0 aromatic rings. The molecule has 2 fully saturated rings. The Labute approximate surface area is 126 Å². The van der Waals surface area contributed by atoms with Crippen LogP contribution in [0.4, 0.5) is 0 Å². The molecule has 1 atom stereocenters. The third kappa shape index (κ3) is 4.14. The van der Waals surface area contributed by atoms with E-state index in [9.17, 15) is 9.59 Å². The highest BCUT2D eigenvalue weighted by Crippen LogP contribution is 2.22. The Morgan fingerprint density at radius 3 is 2.85 bits per heavy atom. The third-order valence-electron chi connectivity index (χ3n) is 4.37. The molecule has 1 unspecified atom stereocenters. The minimum Gasteiger partial charge on any atom is -0.343 e. The Morgan fingerprint density at radius 1 is 1.30 bits per heavy atom. The van der Waals surface area contributed by atoms with Gasteiger partial charge in [0.15, 0.2) is 0 Å². The van der Waals surface area contributed by atoms with Crippen LogP contribution in [0.5, 0.6) is 0 Å². The summed E-state index contributed by atoms with van der Waals surface area (Å²) in [6.45, 7) is 2.65. The number of piperidine rings is 1. The van der Waals surface area contributed by atoms with E-state index in [4.69, 9.17) is 0 Å². The zero-order chi connectivity index (χ0) is 14.4. The number of hydrogen-bond acceptors (Lipinski definition) is 3. The summed E-state index contributed by atoms with van der Waals surface area (Å²) < 4.78 is 0. The summed E-state index contributed by atoms with van der Waals surface area (Å²) in [6.07, 6.45) is 8.81. The van der Waals surface area contributed by atoms with Gasteiger partial charge in [-0.05, 0) is 38.4 Å². The predicted molar refractivity (Wildman–Crippen MR) is 82.8 cm³/mol. The summed E-state index contributed by atoms with van der Waals surface area (Å²) in [6, 6.07) is 0.353. The van der Waals surface area contributed by atoms with Gasteiger partial charge in [-0.1, -0.05) is 0 Å². The SMILES string of the molecule is CSCCC(=O)N1CCCCC1CCN1CCCC1=O. The summed E-state index contributed by atoms with van der Waals surface area (Å²) >= 11 is 1.73. The number of nitrogens with zero attached hydrogens (tertiary/aromatic N) is 2. The lowest BCUT2D eigenvalue weighted by Gasteiger charge is -2.36. The first-order valence-electron chi connectivity index (χ1n) is 7.78. The lowest BCUT2D eigenvalue weighted by molar-refractivity contribution is -0.134. The van der Waals surface area contributed by atoms with E-state index in [-0.39, 0.29) is 0 Å². The summed E-state index contributed by atoms with van der Waals surface area (Å²) in [4.78, 5) is 28.0. The maximum Gasteiger partial charge on any atom is 0.223 e. The Balaban J connectivity index is 1.83. The van der Waals surface area contributed by atoms with Gasteiger partial charge in [0.05, 0.1) is 0 Å². The molecule has 114 valence electrons. The van der Waals surface area contributed by atoms with E-state index in [0.717, 1.165) is 51.1 Å². The Hall–Kier alpha value is -0.710. The number of thioether (sulfide) groups is 1. The van der Waals surface area contributed by atoms with E-state index in [1.54, 1.807) is 11.8 Å².